The summed E-state index contributed by atoms with van der Waals surface area (Å²) in [5.74, 6) is -3.54. The number of hydrogen-bond acceptors (Lipinski definition) is 7. The van der Waals surface area contributed by atoms with Crippen LogP contribution in [-0.4, -0.2) is 70.2 Å². The van der Waals surface area contributed by atoms with Gasteiger partial charge in [0.2, 0.25) is 0 Å². The molecule has 2 heterocycles. The average molecular weight is 333 g/mol. The number of hydrogen-bond donors (Lipinski definition) is 4. The minimum absolute atomic E-state index is 0.189. The summed E-state index contributed by atoms with van der Waals surface area (Å²) < 4.78 is 5.66. The van der Waals surface area contributed by atoms with E-state index in [0.717, 1.165) is 13.0 Å². The number of aliphatic hydroxyl groups excluding tert-OH is 2. The Morgan fingerprint density at radius 3 is 2.27 bits per heavy atom. The lowest BCUT2D eigenvalue weighted by molar-refractivity contribution is -0.165. The van der Waals surface area contributed by atoms with E-state index in [9.17, 15) is 9.59 Å². The topological polar surface area (TPSA) is 128 Å². The first-order chi connectivity index (χ1) is 10.3. The predicted molar refractivity (Wildman–Crippen MR) is 77.7 cm³/mol. The highest BCUT2D eigenvalue weighted by Gasteiger charge is 2.29. The van der Waals surface area contributed by atoms with E-state index in [-0.39, 0.29) is 6.23 Å². The third-order valence-electron chi connectivity index (χ3n) is 2.93. The van der Waals surface area contributed by atoms with Crippen LogP contribution < -0.4 is 0 Å². The van der Waals surface area contributed by atoms with Crippen LogP contribution in [0.2, 0.25) is 0 Å². The standard InChI is InChI=1S/C9H13NOS.C4H6O6/c1-10(2)9-8-7(3-5-11-9)4-6-12-8;5-1(3(7)8)2(6)4(9)10/h4,6,9H,3,5H2,1-2H3;1-2,5-6H,(H,7,8)(H,9,10)/t9-;1-,2-/m00/s1. The van der Waals surface area contributed by atoms with Crippen molar-refractivity contribution in [2.75, 3.05) is 20.7 Å². The van der Waals surface area contributed by atoms with E-state index in [0.29, 0.717) is 0 Å². The van der Waals surface area contributed by atoms with E-state index in [4.69, 9.17) is 25.2 Å². The number of thiophene rings is 1. The van der Waals surface area contributed by atoms with Crippen molar-refractivity contribution in [1.82, 2.24) is 4.90 Å². The summed E-state index contributed by atoms with van der Waals surface area (Å²) in [6, 6.07) is 2.21. The molecule has 1 aliphatic heterocycles. The van der Waals surface area contributed by atoms with Gasteiger partial charge in [-0.3, -0.25) is 4.90 Å². The zero-order chi connectivity index (χ0) is 16.9. The molecule has 0 aromatic carbocycles. The fourth-order valence-corrected chi connectivity index (χ4v) is 2.88. The molecule has 0 bridgehead atoms. The van der Waals surface area contributed by atoms with E-state index in [1.807, 2.05) is 0 Å². The molecule has 0 saturated carbocycles. The van der Waals surface area contributed by atoms with Gasteiger partial charge >= 0.3 is 11.9 Å². The second-order valence-electron chi connectivity index (χ2n) is 4.81. The smallest absolute Gasteiger partial charge is 0.335 e. The molecule has 3 atom stereocenters. The van der Waals surface area contributed by atoms with E-state index in [1.54, 1.807) is 11.3 Å². The van der Waals surface area contributed by atoms with E-state index in [2.05, 4.69) is 30.4 Å². The summed E-state index contributed by atoms with van der Waals surface area (Å²) in [6.45, 7) is 0.854. The molecule has 1 aromatic heterocycles. The highest BCUT2D eigenvalue weighted by molar-refractivity contribution is 7.10. The molecule has 0 aliphatic carbocycles. The van der Waals surface area contributed by atoms with Crippen molar-refractivity contribution in [3.63, 3.8) is 0 Å². The number of nitrogens with zero attached hydrogens (tertiary/aromatic N) is 1. The van der Waals surface area contributed by atoms with Gasteiger partial charge in [0.25, 0.3) is 0 Å². The molecule has 8 nitrogen and oxygen atoms in total. The first-order valence-electron chi connectivity index (χ1n) is 6.41. The molecule has 4 N–H and O–H groups in total. The van der Waals surface area contributed by atoms with Crippen LogP contribution in [0.3, 0.4) is 0 Å². The molecule has 1 aliphatic rings. The Kier molecular flexibility index (Phi) is 6.91. The number of aliphatic hydroxyl groups is 2. The van der Waals surface area contributed by atoms with Crippen LogP contribution in [0.4, 0.5) is 0 Å². The Labute approximate surface area is 131 Å². The molecule has 0 unspecified atom stereocenters. The van der Waals surface area contributed by atoms with Gasteiger partial charge in [0.05, 0.1) is 11.5 Å². The van der Waals surface area contributed by atoms with Crippen molar-refractivity contribution in [2.45, 2.75) is 24.9 Å². The SMILES string of the molecule is CN(C)[C@H]1OCCc2ccsc21.O=C(O)[C@@H](O)[C@H](O)C(=O)O. The molecule has 0 amide bonds. The zero-order valence-electron chi connectivity index (χ0n) is 12.2. The highest BCUT2D eigenvalue weighted by atomic mass is 32.1. The van der Waals surface area contributed by atoms with Gasteiger partial charge in [0.15, 0.2) is 12.2 Å². The summed E-state index contributed by atoms with van der Waals surface area (Å²) in [6.07, 6.45) is -3.27. The van der Waals surface area contributed by atoms with Crippen LogP contribution in [0.25, 0.3) is 0 Å². The van der Waals surface area contributed by atoms with Crippen molar-refractivity contribution in [2.24, 2.45) is 0 Å². The first-order valence-corrected chi connectivity index (χ1v) is 7.29. The van der Waals surface area contributed by atoms with Gasteiger partial charge in [-0.15, -0.1) is 11.3 Å². The Morgan fingerprint density at radius 1 is 1.27 bits per heavy atom. The van der Waals surface area contributed by atoms with Crippen LogP contribution in [0, 0.1) is 0 Å². The Morgan fingerprint density at radius 2 is 1.82 bits per heavy atom. The fraction of sp³-hybridized carbons (Fsp3) is 0.538. The van der Waals surface area contributed by atoms with E-state index < -0.39 is 24.1 Å². The molecule has 0 spiro atoms. The normalized spacial score (nSPS) is 19.6. The van der Waals surface area contributed by atoms with Crippen LogP contribution in [0.5, 0.6) is 0 Å². The summed E-state index contributed by atoms with van der Waals surface area (Å²) in [5.41, 5.74) is 1.46. The van der Waals surface area contributed by atoms with Gasteiger partial charge in [-0.1, -0.05) is 0 Å². The fourth-order valence-electron chi connectivity index (χ4n) is 1.78. The predicted octanol–water partition coefficient (Wildman–Crippen LogP) is -0.242. The largest absolute Gasteiger partial charge is 0.479 e. The second kappa shape index (κ2) is 8.20. The lowest BCUT2D eigenvalue weighted by Crippen LogP contribution is -2.39. The third kappa shape index (κ3) is 4.75. The molecule has 9 heteroatoms. The lowest BCUT2D eigenvalue weighted by atomic mass is 10.1. The molecule has 22 heavy (non-hydrogen) atoms. The van der Waals surface area contributed by atoms with Crippen molar-refractivity contribution in [3.8, 4) is 0 Å². The van der Waals surface area contributed by atoms with Crippen LogP contribution >= 0.6 is 11.3 Å². The monoisotopic (exact) mass is 333 g/mol. The second-order valence-corrected chi connectivity index (χ2v) is 5.76. The summed E-state index contributed by atoms with van der Waals surface area (Å²) in [7, 11) is 4.11. The minimum atomic E-state index is -2.27. The van der Waals surface area contributed by atoms with Crippen LogP contribution in [0.1, 0.15) is 16.7 Å². The molecule has 2 rings (SSSR count). The molecule has 0 radical (unpaired) electrons. The van der Waals surface area contributed by atoms with Gasteiger partial charge in [-0.25, -0.2) is 9.59 Å². The van der Waals surface area contributed by atoms with Gasteiger partial charge in [-0.2, -0.15) is 0 Å². The molecule has 0 saturated heterocycles. The zero-order valence-corrected chi connectivity index (χ0v) is 13.0. The van der Waals surface area contributed by atoms with Crippen molar-refractivity contribution < 1.29 is 34.8 Å². The van der Waals surface area contributed by atoms with Gasteiger partial charge < -0.3 is 25.2 Å². The number of fused-ring (bicyclic) bond motifs is 1. The van der Waals surface area contributed by atoms with Crippen molar-refractivity contribution >= 4 is 23.3 Å². The van der Waals surface area contributed by atoms with Crippen LogP contribution in [0.15, 0.2) is 11.4 Å². The maximum atomic E-state index is 9.77. The molecule has 1 aromatic rings. The van der Waals surface area contributed by atoms with Crippen molar-refractivity contribution in [3.05, 3.63) is 21.9 Å². The number of carboxylic acid groups (broad SMARTS) is 2. The summed E-state index contributed by atoms with van der Waals surface area (Å²) >= 11 is 1.80. The Hall–Kier alpha value is -1.52. The molecule has 124 valence electrons. The number of ether oxygens (including phenoxy) is 1. The maximum absolute atomic E-state index is 9.77. The average Bonchev–Trinajstić information content (AvgIpc) is 2.94. The molecule has 0 fully saturated rings. The maximum Gasteiger partial charge on any atom is 0.335 e. The summed E-state index contributed by atoms with van der Waals surface area (Å²) in [5, 5.41) is 34.7. The number of carboxylic acids is 2. The van der Waals surface area contributed by atoms with Crippen molar-refractivity contribution in [1.29, 1.82) is 0 Å². The molecular formula is C13H19NO7S. The Bertz CT molecular complexity index is 498. The first kappa shape index (κ1) is 18.5. The van der Waals surface area contributed by atoms with E-state index >= 15 is 0 Å². The summed E-state index contributed by atoms with van der Waals surface area (Å²) in [4.78, 5) is 23.0. The lowest BCUT2D eigenvalue weighted by Gasteiger charge is -2.28. The highest BCUT2D eigenvalue weighted by Crippen LogP contribution is 2.32. The Balaban J connectivity index is 0.000000225. The number of aliphatic carboxylic acids is 2. The van der Waals surface area contributed by atoms with E-state index in [1.165, 1.54) is 10.4 Å². The minimum Gasteiger partial charge on any atom is -0.479 e. The van der Waals surface area contributed by atoms with Gasteiger partial charge in [0.1, 0.15) is 6.23 Å². The number of carbonyl (C=O) groups is 2. The van der Waals surface area contributed by atoms with Gasteiger partial charge in [0, 0.05) is 0 Å². The van der Waals surface area contributed by atoms with Crippen LogP contribution in [-0.2, 0) is 20.7 Å². The molecular weight excluding hydrogens is 314 g/mol. The number of rotatable bonds is 4. The quantitative estimate of drug-likeness (QED) is 0.594. The third-order valence-corrected chi connectivity index (χ3v) is 3.92. The van der Waals surface area contributed by atoms with Gasteiger partial charge in [-0.05, 0) is 37.5 Å².